The highest BCUT2D eigenvalue weighted by Gasteiger charge is 2.18. The van der Waals surface area contributed by atoms with Gasteiger partial charge in [0.15, 0.2) is 0 Å². The van der Waals surface area contributed by atoms with Gasteiger partial charge in [-0.1, -0.05) is 25.7 Å². The summed E-state index contributed by atoms with van der Waals surface area (Å²) in [6, 6.07) is 0.461. The lowest BCUT2D eigenvalue weighted by Gasteiger charge is -2.21. The van der Waals surface area contributed by atoms with E-state index in [0.29, 0.717) is 25.7 Å². The van der Waals surface area contributed by atoms with E-state index >= 15 is 0 Å². The molecule has 1 heterocycles. The lowest BCUT2D eigenvalue weighted by molar-refractivity contribution is 0.193. The first-order valence-electron chi connectivity index (χ1n) is 9.25. The Balaban J connectivity index is 1.79. The van der Waals surface area contributed by atoms with Gasteiger partial charge in [-0.25, -0.2) is 9.78 Å². The zero-order valence-electron chi connectivity index (χ0n) is 15.1. The van der Waals surface area contributed by atoms with Crippen molar-refractivity contribution in [3.05, 3.63) is 17.7 Å². The Morgan fingerprint density at radius 3 is 2.67 bits per heavy atom. The maximum atomic E-state index is 11.7. The Hall–Kier alpha value is -1.56. The molecule has 2 N–H and O–H groups in total. The van der Waals surface area contributed by atoms with Crippen LogP contribution in [0, 0.1) is 6.92 Å². The van der Waals surface area contributed by atoms with Crippen LogP contribution in [0.4, 0.5) is 4.79 Å². The molecular weight excluding hydrogens is 304 g/mol. The third-order valence-corrected chi connectivity index (χ3v) is 4.69. The number of amides is 2. The van der Waals surface area contributed by atoms with Crippen LogP contribution < -0.4 is 10.6 Å². The van der Waals surface area contributed by atoms with Crippen LogP contribution >= 0.6 is 0 Å². The Morgan fingerprint density at radius 2 is 1.96 bits per heavy atom. The summed E-state index contributed by atoms with van der Waals surface area (Å²) in [6.45, 7) is 4.05. The van der Waals surface area contributed by atoms with E-state index in [4.69, 9.17) is 4.74 Å². The number of urea groups is 1. The predicted molar refractivity (Wildman–Crippen MR) is 95.3 cm³/mol. The number of carbonyl (C=O) groups excluding carboxylic acids is 1. The fourth-order valence-electron chi connectivity index (χ4n) is 3.46. The van der Waals surface area contributed by atoms with Gasteiger partial charge in [0, 0.05) is 51.2 Å². The average molecular weight is 336 g/mol. The van der Waals surface area contributed by atoms with Crippen molar-refractivity contribution in [1.82, 2.24) is 20.2 Å². The molecule has 0 atom stereocenters. The Labute approximate surface area is 145 Å². The van der Waals surface area contributed by atoms with Gasteiger partial charge in [-0.3, -0.25) is 0 Å². The van der Waals surface area contributed by atoms with Crippen LogP contribution in [0.15, 0.2) is 6.20 Å². The standard InChI is InChI=1S/C18H32N4O2/c1-15-14-21-17(22(15)16-8-5-3-4-6-9-16)10-12-20-18(23)19-11-7-13-24-2/h14,16H,3-13H2,1-2H3,(H2,19,20,23). The predicted octanol–water partition coefficient (Wildman–Crippen LogP) is 2.97. The Morgan fingerprint density at radius 1 is 1.25 bits per heavy atom. The monoisotopic (exact) mass is 336 g/mol. The molecule has 0 saturated heterocycles. The maximum absolute atomic E-state index is 11.7. The van der Waals surface area contributed by atoms with Gasteiger partial charge in [-0.2, -0.15) is 0 Å². The fourth-order valence-corrected chi connectivity index (χ4v) is 3.46. The highest BCUT2D eigenvalue weighted by Crippen LogP contribution is 2.29. The number of hydrogen-bond acceptors (Lipinski definition) is 3. The van der Waals surface area contributed by atoms with Crippen LogP contribution in [0.25, 0.3) is 0 Å². The van der Waals surface area contributed by atoms with Crippen LogP contribution in [-0.4, -0.2) is 42.4 Å². The molecule has 6 nitrogen and oxygen atoms in total. The summed E-state index contributed by atoms with van der Waals surface area (Å²) in [4.78, 5) is 16.3. The topological polar surface area (TPSA) is 68.2 Å². The van der Waals surface area contributed by atoms with Gasteiger partial charge >= 0.3 is 6.03 Å². The molecule has 0 spiro atoms. The minimum Gasteiger partial charge on any atom is -0.385 e. The number of ether oxygens (including phenoxy) is 1. The Bertz CT molecular complexity index is 493. The molecule has 1 saturated carbocycles. The first-order chi connectivity index (χ1) is 11.7. The maximum Gasteiger partial charge on any atom is 0.314 e. The van der Waals surface area contributed by atoms with Gasteiger partial charge in [0.1, 0.15) is 5.82 Å². The first kappa shape index (κ1) is 18.8. The molecule has 136 valence electrons. The number of methoxy groups -OCH3 is 1. The summed E-state index contributed by atoms with van der Waals surface area (Å²) < 4.78 is 7.37. The molecule has 0 aromatic carbocycles. The van der Waals surface area contributed by atoms with Gasteiger partial charge in [-0.15, -0.1) is 0 Å². The van der Waals surface area contributed by atoms with Crippen molar-refractivity contribution in [2.45, 2.75) is 64.3 Å². The van der Waals surface area contributed by atoms with Gasteiger partial charge < -0.3 is 19.9 Å². The van der Waals surface area contributed by atoms with Crippen molar-refractivity contribution in [2.75, 3.05) is 26.8 Å². The van der Waals surface area contributed by atoms with Crippen LogP contribution in [0.2, 0.25) is 0 Å². The third kappa shape index (κ3) is 5.82. The van der Waals surface area contributed by atoms with E-state index in [1.54, 1.807) is 7.11 Å². The molecule has 0 bridgehead atoms. The van der Waals surface area contributed by atoms with E-state index in [2.05, 4.69) is 27.1 Å². The third-order valence-electron chi connectivity index (χ3n) is 4.69. The lowest BCUT2D eigenvalue weighted by atomic mass is 10.1. The van der Waals surface area contributed by atoms with Crippen molar-refractivity contribution in [1.29, 1.82) is 0 Å². The number of hydrogen-bond donors (Lipinski definition) is 2. The zero-order chi connectivity index (χ0) is 17.2. The molecule has 0 radical (unpaired) electrons. The number of aromatic nitrogens is 2. The van der Waals surface area contributed by atoms with Gasteiger partial charge in [0.2, 0.25) is 0 Å². The molecule has 1 aromatic heterocycles. The lowest BCUT2D eigenvalue weighted by Crippen LogP contribution is -2.37. The molecule has 6 heteroatoms. The zero-order valence-corrected chi connectivity index (χ0v) is 15.1. The van der Waals surface area contributed by atoms with E-state index in [1.807, 2.05) is 6.20 Å². The van der Waals surface area contributed by atoms with E-state index in [0.717, 1.165) is 18.7 Å². The second kappa shape index (κ2) is 10.3. The molecule has 0 aliphatic heterocycles. The van der Waals surface area contributed by atoms with E-state index in [1.165, 1.54) is 44.2 Å². The first-order valence-corrected chi connectivity index (χ1v) is 9.25. The second-order valence-electron chi connectivity index (χ2n) is 6.61. The molecule has 2 rings (SSSR count). The minimum atomic E-state index is -0.115. The van der Waals surface area contributed by atoms with Gasteiger partial charge in [0.25, 0.3) is 0 Å². The number of nitrogens with zero attached hydrogens (tertiary/aromatic N) is 2. The molecule has 1 aliphatic rings. The van der Waals surface area contributed by atoms with Crippen molar-refractivity contribution in [3.8, 4) is 0 Å². The number of nitrogens with one attached hydrogen (secondary N) is 2. The van der Waals surface area contributed by atoms with E-state index < -0.39 is 0 Å². The summed E-state index contributed by atoms with van der Waals surface area (Å²) in [7, 11) is 1.67. The number of carbonyl (C=O) groups is 1. The quantitative estimate of drug-likeness (QED) is 0.566. The SMILES string of the molecule is COCCCNC(=O)NCCc1ncc(C)n1C1CCCCCC1. The number of aryl methyl sites for hydroxylation is 1. The fraction of sp³-hybridized carbons (Fsp3) is 0.778. The van der Waals surface area contributed by atoms with E-state index in [-0.39, 0.29) is 6.03 Å². The average Bonchev–Trinajstić information content (AvgIpc) is 2.78. The molecule has 1 aliphatic carbocycles. The molecule has 1 fully saturated rings. The summed E-state index contributed by atoms with van der Waals surface area (Å²) >= 11 is 0. The highest BCUT2D eigenvalue weighted by molar-refractivity contribution is 5.73. The van der Waals surface area contributed by atoms with Crippen LogP contribution in [0.5, 0.6) is 0 Å². The minimum absolute atomic E-state index is 0.115. The number of imidazole rings is 1. The Kier molecular flexibility index (Phi) is 8.08. The number of rotatable bonds is 8. The van der Waals surface area contributed by atoms with E-state index in [9.17, 15) is 4.79 Å². The molecule has 2 amide bonds. The van der Waals surface area contributed by atoms with Crippen molar-refractivity contribution in [2.24, 2.45) is 0 Å². The smallest absolute Gasteiger partial charge is 0.314 e. The summed E-state index contributed by atoms with van der Waals surface area (Å²) in [6.07, 6.45) is 11.4. The van der Waals surface area contributed by atoms with Crippen molar-refractivity contribution < 1.29 is 9.53 Å². The molecular formula is C18H32N4O2. The van der Waals surface area contributed by atoms with Gasteiger partial charge in [-0.05, 0) is 26.2 Å². The van der Waals surface area contributed by atoms with Crippen LogP contribution in [0.1, 0.15) is 62.5 Å². The second-order valence-corrected chi connectivity index (χ2v) is 6.61. The largest absolute Gasteiger partial charge is 0.385 e. The highest BCUT2D eigenvalue weighted by atomic mass is 16.5. The summed E-state index contributed by atoms with van der Waals surface area (Å²) in [5.41, 5.74) is 1.24. The summed E-state index contributed by atoms with van der Waals surface area (Å²) in [5, 5.41) is 5.75. The normalized spacial score (nSPS) is 15.9. The molecule has 24 heavy (non-hydrogen) atoms. The van der Waals surface area contributed by atoms with Crippen molar-refractivity contribution in [3.63, 3.8) is 0 Å². The molecule has 0 unspecified atom stereocenters. The molecule has 1 aromatic rings. The van der Waals surface area contributed by atoms with Crippen LogP contribution in [0.3, 0.4) is 0 Å². The van der Waals surface area contributed by atoms with Crippen LogP contribution in [-0.2, 0) is 11.2 Å². The van der Waals surface area contributed by atoms with Gasteiger partial charge in [0.05, 0.1) is 0 Å². The summed E-state index contributed by atoms with van der Waals surface area (Å²) in [5.74, 6) is 1.10. The van der Waals surface area contributed by atoms with Crippen molar-refractivity contribution >= 4 is 6.03 Å².